The van der Waals surface area contributed by atoms with Crippen LogP contribution in [0.15, 0.2) is 0 Å². The van der Waals surface area contributed by atoms with E-state index < -0.39 is 7.60 Å². The molecule has 0 amide bonds. The molecule has 0 spiro atoms. The molecule has 0 saturated carbocycles. The predicted octanol–water partition coefficient (Wildman–Crippen LogP) is 1.63. The van der Waals surface area contributed by atoms with E-state index in [-0.39, 0.29) is 6.29 Å². The second kappa shape index (κ2) is 7.34. The van der Waals surface area contributed by atoms with Crippen LogP contribution < -0.4 is 0 Å². The van der Waals surface area contributed by atoms with E-state index in [0.29, 0.717) is 13.2 Å². The van der Waals surface area contributed by atoms with Gasteiger partial charge in [0, 0.05) is 14.2 Å². The first-order chi connectivity index (χ1) is 6.61. The summed E-state index contributed by atoms with van der Waals surface area (Å²) in [5.41, 5.74) is 0. The Hall–Kier alpha value is 0.0300. The van der Waals surface area contributed by atoms with Crippen molar-refractivity contribution in [1.82, 2.24) is 5.23 Å². The van der Waals surface area contributed by atoms with Gasteiger partial charge in [-0.2, -0.15) is 0 Å². The number of hydrogen-bond acceptors (Lipinski definition) is 6. The van der Waals surface area contributed by atoms with E-state index in [1.165, 1.54) is 14.2 Å². The zero-order valence-electron chi connectivity index (χ0n) is 9.06. The fraction of sp³-hybridized carbons (Fsp3) is 1.00. The molecule has 0 fully saturated rings. The summed E-state index contributed by atoms with van der Waals surface area (Å²) in [5, 5.41) is 1.12. The molecule has 0 aliphatic rings. The van der Waals surface area contributed by atoms with E-state index in [2.05, 4.69) is 0 Å². The van der Waals surface area contributed by atoms with Crippen LogP contribution in [0.3, 0.4) is 0 Å². The van der Waals surface area contributed by atoms with Crippen LogP contribution in [0.2, 0.25) is 0 Å². The van der Waals surface area contributed by atoms with Gasteiger partial charge in [0.2, 0.25) is 0 Å². The fourth-order valence-corrected chi connectivity index (χ4v) is 1.56. The summed E-state index contributed by atoms with van der Waals surface area (Å²) in [6, 6.07) is 0. The zero-order chi connectivity index (χ0) is 11.0. The minimum absolute atomic E-state index is 0.0539. The summed E-state index contributed by atoms with van der Waals surface area (Å²) in [7, 11) is -0.481. The molecule has 0 heterocycles. The summed E-state index contributed by atoms with van der Waals surface area (Å²) < 4.78 is 21.1. The van der Waals surface area contributed by atoms with E-state index in [9.17, 15) is 4.57 Å². The lowest BCUT2D eigenvalue weighted by Gasteiger charge is -2.22. The monoisotopic (exact) mass is 227 g/mol. The lowest BCUT2D eigenvalue weighted by molar-refractivity contribution is -0.356. The Kier molecular flexibility index (Phi) is 7.35. The highest BCUT2D eigenvalue weighted by Gasteiger charge is 2.26. The highest BCUT2D eigenvalue weighted by Crippen LogP contribution is 2.46. The van der Waals surface area contributed by atoms with Crippen LogP contribution in [0.25, 0.3) is 0 Å². The molecule has 0 bridgehead atoms. The van der Waals surface area contributed by atoms with Gasteiger partial charge in [0.25, 0.3) is 0 Å². The van der Waals surface area contributed by atoms with Crippen molar-refractivity contribution in [2.45, 2.75) is 13.8 Å². The largest absolute Gasteiger partial charge is 0.349 e. The predicted molar refractivity (Wildman–Crippen MR) is 51.6 cm³/mol. The molecule has 0 aromatic rings. The van der Waals surface area contributed by atoms with Gasteiger partial charge < -0.3 is 9.05 Å². The highest BCUT2D eigenvalue weighted by atomic mass is 31.2. The van der Waals surface area contributed by atoms with Crippen LogP contribution in [0.1, 0.15) is 13.8 Å². The lowest BCUT2D eigenvalue weighted by Crippen LogP contribution is -2.26. The topological polar surface area (TPSA) is 57.2 Å². The van der Waals surface area contributed by atoms with Crippen LogP contribution in [-0.2, 0) is 23.3 Å². The van der Waals surface area contributed by atoms with Crippen molar-refractivity contribution >= 4 is 7.60 Å². The molecule has 0 aromatic carbocycles. The molecule has 0 unspecified atom stereocenters. The smallest absolute Gasteiger partial charge is 0.311 e. The van der Waals surface area contributed by atoms with Gasteiger partial charge >= 0.3 is 7.60 Å². The normalized spacial score (nSPS) is 12.4. The quantitative estimate of drug-likeness (QED) is 0.464. The molecular formula is C7H18NO5P. The van der Waals surface area contributed by atoms with Gasteiger partial charge in [-0.1, -0.05) is 5.23 Å². The van der Waals surface area contributed by atoms with Gasteiger partial charge in [0.05, 0.1) is 13.2 Å². The number of hydroxylamine groups is 2. The second-order valence-corrected chi connectivity index (χ2v) is 4.52. The number of nitrogens with zero attached hydrogens (tertiary/aromatic N) is 1. The average Bonchev–Trinajstić information content (AvgIpc) is 2.18. The maximum absolute atomic E-state index is 11.7. The molecule has 6 nitrogen and oxygen atoms in total. The molecule has 0 atom stereocenters. The first-order valence-corrected chi connectivity index (χ1v) is 6.08. The van der Waals surface area contributed by atoms with Gasteiger partial charge in [0.1, 0.15) is 0 Å². The van der Waals surface area contributed by atoms with Crippen molar-refractivity contribution in [2.24, 2.45) is 0 Å². The Bertz CT molecular complexity index is 175. The molecule has 0 aromatic heterocycles. The Balaban J connectivity index is 4.18. The summed E-state index contributed by atoms with van der Waals surface area (Å²) >= 11 is 0. The van der Waals surface area contributed by atoms with Gasteiger partial charge in [-0.3, -0.25) is 14.2 Å². The molecule has 86 valence electrons. The highest BCUT2D eigenvalue weighted by molar-refractivity contribution is 7.53. The van der Waals surface area contributed by atoms with E-state index >= 15 is 0 Å². The number of rotatable bonds is 8. The van der Waals surface area contributed by atoms with Crippen LogP contribution in [-0.4, -0.2) is 38.9 Å². The zero-order valence-corrected chi connectivity index (χ0v) is 9.95. The molecule has 0 aliphatic carbocycles. The summed E-state index contributed by atoms with van der Waals surface area (Å²) in [6.07, 6.45) is -0.0539. The minimum atomic E-state index is -3.12. The molecule has 0 saturated heterocycles. The fourth-order valence-electron chi connectivity index (χ4n) is 0.738. The molecule has 14 heavy (non-hydrogen) atoms. The summed E-state index contributed by atoms with van der Waals surface area (Å²) in [5.74, 6) is 0. The van der Waals surface area contributed by atoms with Crippen molar-refractivity contribution in [3.05, 3.63) is 0 Å². The Morgan fingerprint density at radius 3 is 1.79 bits per heavy atom. The molecular weight excluding hydrogens is 209 g/mol. The van der Waals surface area contributed by atoms with Crippen LogP contribution in [0.4, 0.5) is 0 Å². The van der Waals surface area contributed by atoms with E-state index in [0.717, 1.165) is 5.23 Å². The first kappa shape index (κ1) is 14.0. The van der Waals surface area contributed by atoms with Crippen molar-refractivity contribution < 1.29 is 23.3 Å². The Labute approximate surface area is 84.5 Å². The van der Waals surface area contributed by atoms with Crippen molar-refractivity contribution in [3.8, 4) is 0 Å². The third kappa shape index (κ3) is 5.05. The number of hydrogen-bond donors (Lipinski definition) is 0. The van der Waals surface area contributed by atoms with Gasteiger partial charge in [0.15, 0.2) is 6.29 Å². The maximum atomic E-state index is 11.7. The van der Waals surface area contributed by atoms with Crippen LogP contribution in [0.5, 0.6) is 0 Å². The van der Waals surface area contributed by atoms with Gasteiger partial charge in [-0.05, 0) is 13.8 Å². The molecule has 0 aliphatic heterocycles. The summed E-state index contributed by atoms with van der Waals surface area (Å²) in [4.78, 5) is 10.1. The molecule has 0 rings (SSSR count). The van der Waals surface area contributed by atoms with Crippen LogP contribution in [0, 0.1) is 0 Å². The Morgan fingerprint density at radius 2 is 1.50 bits per heavy atom. The third-order valence-electron chi connectivity index (χ3n) is 1.39. The van der Waals surface area contributed by atoms with Crippen molar-refractivity contribution in [2.75, 3.05) is 33.7 Å². The molecule has 7 heteroatoms. The standard InChI is InChI=1S/C7H18NO5P/c1-5-12-8(13-6-2)7-14(9,10-3)11-4/h5-7H2,1-4H3. The third-order valence-corrected chi connectivity index (χ3v) is 3.08. The SMILES string of the molecule is CCON(CP(=O)(OC)OC)OCC. The molecule has 0 N–H and O–H groups in total. The molecule has 0 radical (unpaired) electrons. The summed E-state index contributed by atoms with van der Waals surface area (Å²) in [6.45, 7) is 4.45. The lowest BCUT2D eigenvalue weighted by atomic mass is 10.9. The van der Waals surface area contributed by atoms with Crippen LogP contribution >= 0.6 is 7.60 Å². The van der Waals surface area contributed by atoms with Gasteiger partial charge in [-0.25, -0.2) is 0 Å². The van der Waals surface area contributed by atoms with E-state index in [1.54, 1.807) is 13.8 Å². The van der Waals surface area contributed by atoms with E-state index in [1.807, 2.05) is 0 Å². The van der Waals surface area contributed by atoms with E-state index in [4.69, 9.17) is 18.7 Å². The van der Waals surface area contributed by atoms with Crippen molar-refractivity contribution in [1.29, 1.82) is 0 Å². The first-order valence-electron chi connectivity index (χ1n) is 4.35. The van der Waals surface area contributed by atoms with Gasteiger partial charge in [-0.15, -0.1) is 0 Å². The van der Waals surface area contributed by atoms with Crippen molar-refractivity contribution in [3.63, 3.8) is 0 Å². The second-order valence-electron chi connectivity index (χ2n) is 2.29. The average molecular weight is 227 g/mol. The maximum Gasteiger partial charge on any atom is 0.349 e. The minimum Gasteiger partial charge on any atom is -0.311 e. The Morgan fingerprint density at radius 1 is 1.07 bits per heavy atom.